The summed E-state index contributed by atoms with van der Waals surface area (Å²) in [5, 5.41) is 3.00. The molecule has 0 bridgehead atoms. The maximum absolute atomic E-state index is 11.3. The van der Waals surface area contributed by atoms with Crippen molar-refractivity contribution in [3.8, 4) is 0 Å². The molecule has 4 heteroatoms. The first kappa shape index (κ1) is 12.8. The topological polar surface area (TPSA) is 32.3 Å². The predicted molar refractivity (Wildman–Crippen MR) is 66.3 cm³/mol. The third kappa shape index (κ3) is 4.43. The molecular weight excluding hydrogens is 208 g/mol. The van der Waals surface area contributed by atoms with E-state index in [0.717, 1.165) is 19.6 Å². The summed E-state index contributed by atoms with van der Waals surface area (Å²) in [6.07, 6.45) is 2.87. The molecular formula is C11H22N2OS. The summed E-state index contributed by atoms with van der Waals surface area (Å²) in [5.74, 6) is 0.760. The van der Waals surface area contributed by atoms with Crippen molar-refractivity contribution in [3.05, 3.63) is 0 Å². The van der Waals surface area contributed by atoms with Gasteiger partial charge in [0.05, 0.1) is 0 Å². The Kier molecular flexibility index (Phi) is 4.93. The fourth-order valence-electron chi connectivity index (χ4n) is 1.84. The molecule has 0 saturated carbocycles. The van der Waals surface area contributed by atoms with Gasteiger partial charge in [-0.25, -0.2) is 0 Å². The number of likely N-dealkylation sites (tertiary alicyclic amines) is 1. The zero-order valence-corrected chi connectivity index (χ0v) is 10.6. The highest BCUT2D eigenvalue weighted by molar-refractivity contribution is 7.80. The van der Waals surface area contributed by atoms with Gasteiger partial charge in [-0.05, 0) is 44.1 Å². The van der Waals surface area contributed by atoms with Crippen LogP contribution in [0.2, 0.25) is 0 Å². The molecule has 0 radical (unpaired) electrons. The summed E-state index contributed by atoms with van der Waals surface area (Å²) in [6, 6.07) is 0. The monoisotopic (exact) mass is 230 g/mol. The molecule has 0 unspecified atom stereocenters. The van der Waals surface area contributed by atoms with Crippen LogP contribution in [0.5, 0.6) is 0 Å². The van der Waals surface area contributed by atoms with Crippen LogP contribution in [-0.4, -0.2) is 43.2 Å². The highest BCUT2D eigenvalue weighted by Gasteiger charge is 2.28. The number of hydrogen-bond acceptors (Lipinski definition) is 3. The Labute approximate surface area is 98.0 Å². The number of piperidine rings is 1. The molecule has 1 aliphatic heterocycles. The van der Waals surface area contributed by atoms with Crippen molar-refractivity contribution < 1.29 is 4.79 Å². The van der Waals surface area contributed by atoms with Gasteiger partial charge in [0.2, 0.25) is 5.91 Å². The van der Waals surface area contributed by atoms with Crippen molar-refractivity contribution >= 4 is 18.5 Å². The van der Waals surface area contributed by atoms with Gasteiger partial charge in [-0.15, -0.1) is 0 Å². The quantitative estimate of drug-likeness (QED) is 0.710. The number of nitrogens with zero attached hydrogens (tertiary/aromatic N) is 1. The second kappa shape index (κ2) is 5.75. The van der Waals surface area contributed by atoms with Crippen molar-refractivity contribution in [2.75, 3.05) is 32.4 Å². The van der Waals surface area contributed by atoms with E-state index in [4.69, 9.17) is 0 Å². The van der Waals surface area contributed by atoms with E-state index in [0.29, 0.717) is 17.6 Å². The van der Waals surface area contributed by atoms with E-state index in [1.54, 1.807) is 0 Å². The van der Waals surface area contributed by atoms with E-state index in [-0.39, 0.29) is 5.91 Å². The summed E-state index contributed by atoms with van der Waals surface area (Å²) in [7, 11) is 2.15. The van der Waals surface area contributed by atoms with Crippen LogP contribution in [0.3, 0.4) is 0 Å². The van der Waals surface area contributed by atoms with Gasteiger partial charge in [0.1, 0.15) is 0 Å². The standard InChI is InChI=1S/C11H22N2OS/c1-11(4-6-13(2)7-5-11)9-12-10(14)3-8-15/h15H,3-9H2,1-2H3,(H,12,14). The Balaban J connectivity index is 2.27. The Bertz CT molecular complexity index is 213. The van der Waals surface area contributed by atoms with Crippen molar-refractivity contribution in [3.63, 3.8) is 0 Å². The molecule has 0 atom stereocenters. The molecule has 1 fully saturated rings. The molecule has 88 valence electrons. The van der Waals surface area contributed by atoms with Crippen molar-refractivity contribution in [1.82, 2.24) is 10.2 Å². The largest absolute Gasteiger partial charge is 0.356 e. The van der Waals surface area contributed by atoms with Crippen LogP contribution in [0.4, 0.5) is 0 Å². The van der Waals surface area contributed by atoms with E-state index in [9.17, 15) is 4.79 Å². The molecule has 0 aromatic carbocycles. The lowest BCUT2D eigenvalue weighted by molar-refractivity contribution is -0.121. The van der Waals surface area contributed by atoms with Gasteiger partial charge in [0.25, 0.3) is 0 Å². The summed E-state index contributed by atoms with van der Waals surface area (Å²) < 4.78 is 0. The first-order chi connectivity index (χ1) is 7.06. The second-order valence-electron chi connectivity index (χ2n) is 4.86. The lowest BCUT2D eigenvalue weighted by Gasteiger charge is -2.37. The molecule has 0 aromatic rings. The molecule has 1 N–H and O–H groups in total. The Morgan fingerprint density at radius 3 is 2.60 bits per heavy atom. The maximum atomic E-state index is 11.3. The number of carbonyl (C=O) groups is 1. The Morgan fingerprint density at radius 1 is 1.47 bits per heavy atom. The summed E-state index contributed by atoms with van der Waals surface area (Å²) in [5.41, 5.74) is 0.290. The Morgan fingerprint density at radius 2 is 2.07 bits per heavy atom. The number of hydrogen-bond donors (Lipinski definition) is 2. The minimum atomic E-state index is 0.130. The minimum absolute atomic E-state index is 0.130. The summed E-state index contributed by atoms with van der Waals surface area (Å²) in [6.45, 7) is 5.35. The molecule has 0 spiro atoms. The van der Waals surface area contributed by atoms with Crippen molar-refractivity contribution in [2.24, 2.45) is 5.41 Å². The van der Waals surface area contributed by atoms with E-state index in [2.05, 4.69) is 36.8 Å². The normalized spacial score (nSPS) is 21.3. The molecule has 15 heavy (non-hydrogen) atoms. The van der Waals surface area contributed by atoms with Crippen LogP contribution in [0, 0.1) is 5.41 Å². The average molecular weight is 230 g/mol. The van der Waals surface area contributed by atoms with Crippen LogP contribution in [-0.2, 0) is 4.79 Å². The molecule has 0 aromatic heterocycles. The number of thiol groups is 1. The van der Waals surface area contributed by atoms with Gasteiger partial charge >= 0.3 is 0 Å². The number of rotatable bonds is 4. The molecule has 1 heterocycles. The van der Waals surface area contributed by atoms with E-state index in [1.165, 1.54) is 12.8 Å². The zero-order valence-electron chi connectivity index (χ0n) is 9.75. The van der Waals surface area contributed by atoms with Crippen LogP contribution in [0.25, 0.3) is 0 Å². The van der Waals surface area contributed by atoms with Crippen LogP contribution < -0.4 is 5.32 Å². The third-order valence-electron chi connectivity index (χ3n) is 3.25. The van der Waals surface area contributed by atoms with Crippen LogP contribution in [0.1, 0.15) is 26.2 Å². The number of amides is 1. The zero-order chi connectivity index (χ0) is 11.3. The molecule has 1 saturated heterocycles. The summed E-state index contributed by atoms with van der Waals surface area (Å²) >= 11 is 4.04. The van der Waals surface area contributed by atoms with Gasteiger partial charge in [-0.1, -0.05) is 6.92 Å². The molecule has 1 aliphatic rings. The number of nitrogens with one attached hydrogen (secondary N) is 1. The first-order valence-electron chi connectivity index (χ1n) is 5.62. The smallest absolute Gasteiger partial charge is 0.220 e. The lowest BCUT2D eigenvalue weighted by Crippen LogP contribution is -2.43. The first-order valence-corrected chi connectivity index (χ1v) is 6.25. The number of carbonyl (C=O) groups excluding carboxylic acids is 1. The second-order valence-corrected chi connectivity index (χ2v) is 5.31. The van der Waals surface area contributed by atoms with Gasteiger partial charge in [0.15, 0.2) is 0 Å². The lowest BCUT2D eigenvalue weighted by atomic mass is 9.80. The van der Waals surface area contributed by atoms with E-state index in [1.807, 2.05) is 0 Å². The van der Waals surface area contributed by atoms with Crippen molar-refractivity contribution in [1.29, 1.82) is 0 Å². The van der Waals surface area contributed by atoms with E-state index >= 15 is 0 Å². The fourth-order valence-corrected chi connectivity index (χ4v) is 2.04. The molecule has 1 amide bonds. The minimum Gasteiger partial charge on any atom is -0.356 e. The SMILES string of the molecule is CN1CCC(C)(CNC(=O)CCS)CC1. The van der Waals surface area contributed by atoms with Crippen LogP contribution >= 0.6 is 12.6 Å². The molecule has 1 rings (SSSR count). The predicted octanol–water partition coefficient (Wildman–Crippen LogP) is 1.15. The highest BCUT2D eigenvalue weighted by atomic mass is 32.1. The molecule has 3 nitrogen and oxygen atoms in total. The average Bonchev–Trinajstić information content (AvgIpc) is 2.21. The maximum Gasteiger partial charge on any atom is 0.220 e. The van der Waals surface area contributed by atoms with Gasteiger partial charge in [0, 0.05) is 13.0 Å². The van der Waals surface area contributed by atoms with E-state index < -0.39 is 0 Å². The van der Waals surface area contributed by atoms with Gasteiger partial charge in [-0.2, -0.15) is 12.6 Å². The van der Waals surface area contributed by atoms with Crippen molar-refractivity contribution in [2.45, 2.75) is 26.2 Å². The molecule has 0 aliphatic carbocycles. The van der Waals surface area contributed by atoms with Gasteiger partial charge < -0.3 is 10.2 Å². The van der Waals surface area contributed by atoms with Crippen LogP contribution in [0.15, 0.2) is 0 Å². The fraction of sp³-hybridized carbons (Fsp3) is 0.909. The Hall–Kier alpha value is -0.220. The summed E-state index contributed by atoms with van der Waals surface area (Å²) in [4.78, 5) is 13.7. The third-order valence-corrected chi connectivity index (χ3v) is 3.47. The highest BCUT2D eigenvalue weighted by Crippen LogP contribution is 2.29. The van der Waals surface area contributed by atoms with Gasteiger partial charge in [-0.3, -0.25) is 4.79 Å².